The van der Waals surface area contributed by atoms with E-state index in [4.69, 9.17) is 11.6 Å². The van der Waals surface area contributed by atoms with Gasteiger partial charge >= 0.3 is 0 Å². The van der Waals surface area contributed by atoms with Gasteiger partial charge < -0.3 is 10.6 Å². The Labute approximate surface area is 83.3 Å². The zero-order chi connectivity index (χ0) is 9.26. The summed E-state index contributed by atoms with van der Waals surface area (Å²) >= 11 is 6.05. The summed E-state index contributed by atoms with van der Waals surface area (Å²) in [6.07, 6.45) is 1.07. The van der Waals surface area contributed by atoms with Crippen molar-refractivity contribution >= 4 is 17.3 Å². The maximum absolute atomic E-state index is 6.05. The van der Waals surface area contributed by atoms with Crippen LogP contribution < -0.4 is 10.6 Å². The van der Waals surface area contributed by atoms with Crippen molar-refractivity contribution in [3.05, 3.63) is 28.8 Å². The summed E-state index contributed by atoms with van der Waals surface area (Å²) < 4.78 is 0. The van der Waals surface area contributed by atoms with Gasteiger partial charge in [0.2, 0.25) is 0 Å². The van der Waals surface area contributed by atoms with Crippen molar-refractivity contribution in [3.63, 3.8) is 0 Å². The lowest BCUT2D eigenvalue weighted by molar-refractivity contribution is 0.674. The van der Waals surface area contributed by atoms with E-state index in [1.807, 2.05) is 19.2 Å². The first-order valence-electron chi connectivity index (χ1n) is 4.50. The first-order chi connectivity index (χ1) is 6.31. The lowest BCUT2D eigenvalue weighted by Crippen LogP contribution is -2.28. The molecule has 2 rings (SSSR count). The molecule has 0 spiro atoms. The number of fused-ring (bicyclic) bond motifs is 1. The molecule has 2 nitrogen and oxygen atoms in total. The van der Waals surface area contributed by atoms with Crippen LogP contribution in [0.25, 0.3) is 0 Å². The van der Waals surface area contributed by atoms with E-state index < -0.39 is 0 Å². The van der Waals surface area contributed by atoms with Gasteiger partial charge in [0.1, 0.15) is 0 Å². The van der Waals surface area contributed by atoms with E-state index in [1.165, 1.54) is 5.56 Å². The van der Waals surface area contributed by atoms with Crippen molar-refractivity contribution < 1.29 is 0 Å². The molecule has 1 heterocycles. The molecule has 1 aromatic rings. The van der Waals surface area contributed by atoms with Crippen LogP contribution >= 0.6 is 11.6 Å². The Bertz CT molecular complexity index is 312. The highest BCUT2D eigenvalue weighted by Crippen LogP contribution is 2.32. The third-order valence-corrected chi connectivity index (χ3v) is 2.68. The first-order valence-corrected chi connectivity index (χ1v) is 4.87. The SMILES string of the molecule is CNCC1Cc2cccc(Cl)c2N1. The third-order valence-electron chi connectivity index (χ3n) is 2.37. The maximum atomic E-state index is 6.05. The van der Waals surface area contributed by atoms with Gasteiger partial charge in [-0.1, -0.05) is 23.7 Å². The smallest absolute Gasteiger partial charge is 0.0640 e. The minimum absolute atomic E-state index is 0.486. The second-order valence-corrected chi connectivity index (χ2v) is 3.78. The summed E-state index contributed by atoms with van der Waals surface area (Å²) in [5, 5.41) is 7.40. The van der Waals surface area contributed by atoms with Crippen molar-refractivity contribution in [2.24, 2.45) is 0 Å². The molecule has 0 bridgehead atoms. The molecule has 1 aliphatic rings. The van der Waals surface area contributed by atoms with Gasteiger partial charge in [-0.05, 0) is 25.1 Å². The van der Waals surface area contributed by atoms with Gasteiger partial charge in [0, 0.05) is 12.6 Å². The van der Waals surface area contributed by atoms with Crippen LogP contribution in [0.1, 0.15) is 5.56 Å². The maximum Gasteiger partial charge on any atom is 0.0640 e. The molecule has 70 valence electrons. The topological polar surface area (TPSA) is 24.1 Å². The van der Waals surface area contributed by atoms with E-state index in [2.05, 4.69) is 16.7 Å². The van der Waals surface area contributed by atoms with Crippen molar-refractivity contribution in [3.8, 4) is 0 Å². The van der Waals surface area contributed by atoms with Gasteiger partial charge in [-0.3, -0.25) is 0 Å². The van der Waals surface area contributed by atoms with E-state index in [-0.39, 0.29) is 0 Å². The molecule has 1 unspecified atom stereocenters. The Morgan fingerprint density at radius 1 is 1.62 bits per heavy atom. The zero-order valence-corrected chi connectivity index (χ0v) is 8.36. The van der Waals surface area contributed by atoms with E-state index in [0.717, 1.165) is 23.7 Å². The van der Waals surface area contributed by atoms with Gasteiger partial charge in [-0.15, -0.1) is 0 Å². The molecule has 0 aromatic heterocycles. The second-order valence-electron chi connectivity index (χ2n) is 3.38. The van der Waals surface area contributed by atoms with Gasteiger partial charge in [0.15, 0.2) is 0 Å². The molecule has 0 radical (unpaired) electrons. The lowest BCUT2D eigenvalue weighted by Gasteiger charge is -2.09. The zero-order valence-electron chi connectivity index (χ0n) is 7.60. The molecule has 3 heteroatoms. The quantitative estimate of drug-likeness (QED) is 0.755. The second kappa shape index (κ2) is 3.56. The summed E-state index contributed by atoms with van der Waals surface area (Å²) in [5.41, 5.74) is 2.44. The number of benzene rings is 1. The summed E-state index contributed by atoms with van der Waals surface area (Å²) in [7, 11) is 1.96. The lowest BCUT2D eigenvalue weighted by atomic mass is 10.1. The molecule has 0 saturated heterocycles. The van der Waals surface area contributed by atoms with Crippen LogP contribution in [0.3, 0.4) is 0 Å². The van der Waals surface area contributed by atoms with Crippen LogP contribution in [0.15, 0.2) is 18.2 Å². The number of rotatable bonds is 2. The van der Waals surface area contributed by atoms with E-state index in [1.54, 1.807) is 0 Å². The van der Waals surface area contributed by atoms with Crippen LogP contribution in [-0.2, 0) is 6.42 Å². The monoisotopic (exact) mass is 196 g/mol. The highest BCUT2D eigenvalue weighted by molar-refractivity contribution is 6.33. The number of halogens is 1. The Morgan fingerprint density at radius 3 is 3.15 bits per heavy atom. The van der Waals surface area contributed by atoms with Crippen LogP contribution in [-0.4, -0.2) is 19.6 Å². The molecule has 13 heavy (non-hydrogen) atoms. The van der Waals surface area contributed by atoms with E-state index in [0.29, 0.717) is 6.04 Å². The molecule has 0 aliphatic carbocycles. The van der Waals surface area contributed by atoms with Crippen LogP contribution in [0.2, 0.25) is 5.02 Å². The normalized spacial score (nSPS) is 19.7. The van der Waals surface area contributed by atoms with E-state index >= 15 is 0 Å². The molecule has 0 fully saturated rings. The number of likely N-dealkylation sites (N-methyl/N-ethyl adjacent to an activating group) is 1. The number of para-hydroxylation sites is 1. The molecule has 0 amide bonds. The van der Waals surface area contributed by atoms with Crippen LogP contribution in [0, 0.1) is 0 Å². The van der Waals surface area contributed by atoms with Crippen molar-refractivity contribution in [2.45, 2.75) is 12.5 Å². The fourth-order valence-corrected chi connectivity index (χ4v) is 2.04. The van der Waals surface area contributed by atoms with E-state index in [9.17, 15) is 0 Å². The Balaban J connectivity index is 2.20. The molecular formula is C10H13ClN2. The van der Waals surface area contributed by atoms with Crippen LogP contribution in [0.4, 0.5) is 5.69 Å². The van der Waals surface area contributed by atoms with Crippen LogP contribution in [0.5, 0.6) is 0 Å². The van der Waals surface area contributed by atoms with Crippen molar-refractivity contribution in [1.29, 1.82) is 0 Å². The molecule has 1 atom stereocenters. The van der Waals surface area contributed by atoms with Crippen molar-refractivity contribution in [1.82, 2.24) is 5.32 Å². The largest absolute Gasteiger partial charge is 0.379 e. The predicted octanol–water partition coefficient (Wildman–Crippen LogP) is 1.90. The Hall–Kier alpha value is -0.730. The Kier molecular flexibility index (Phi) is 2.42. The average Bonchev–Trinajstić information content (AvgIpc) is 2.49. The fraction of sp³-hybridized carbons (Fsp3) is 0.400. The minimum Gasteiger partial charge on any atom is -0.379 e. The molecule has 0 saturated carbocycles. The molecule has 1 aliphatic heterocycles. The van der Waals surface area contributed by atoms with Gasteiger partial charge in [-0.25, -0.2) is 0 Å². The summed E-state index contributed by atoms with van der Waals surface area (Å²) in [4.78, 5) is 0. The number of hydrogen-bond donors (Lipinski definition) is 2. The first kappa shape index (κ1) is 8.85. The van der Waals surface area contributed by atoms with Gasteiger partial charge in [-0.2, -0.15) is 0 Å². The number of nitrogens with one attached hydrogen (secondary N) is 2. The fourth-order valence-electron chi connectivity index (χ4n) is 1.79. The third kappa shape index (κ3) is 1.64. The summed E-state index contributed by atoms with van der Waals surface area (Å²) in [6, 6.07) is 6.55. The standard InChI is InChI=1S/C10H13ClN2/c1-12-6-8-5-7-3-2-4-9(11)10(7)13-8/h2-4,8,12-13H,5-6H2,1H3. The summed E-state index contributed by atoms with van der Waals surface area (Å²) in [6.45, 7) is 0.977. The average molecular weight is 197 g/mol. The van der Waals surface area contributed by atoms with Gasteiger partial charge in [0.05, 0.1) is 10.7 Å². The molecule has 2 N–H and O–H groups in total. The molecule has 1 aromatic carbocycles. The minimum atomic E-state index is 0.486. The predicted molar refractivity (Wildman–Crippen MR) is 56.5 cm³/mol. The Morgan fingerprint density at radius 2 is 2.46 bits per heavy atom. The van der Waals surface area contributed by atoms with Crippen molar-refractivity contribution in [2.75, 3.05) is 18.9 Å². The van der Waals surface area contributed by atoms with Gasteiger partial charge in [0.25, 0.3) is 0 Å². The number of hydrogen-bond acceptors (Lipinski definition) is 2. The highest BCUT2D eigenvalue weighted by Gasteiger charge is 2.21. The number of anilines is 1. The highest BCUT2D eigenvalue weighted by atomic mass is 35.5. The summed E-state index contributed by atoms with van der Waals surface area (Å²) in [5.74, 6) is 0. The molecular weight excluding hydrogens is 184 g/mol.